The van der Waals surface area contributed by atoms with Gasteiger partial charge in [-0.25, -0.2) is 13.2 Å². The molecule has 2 rings (SSSR count). The van der Waals surface area contributed by atoms with Crippen LogP contribution in [0.2, 0.25) is 0 Å². The number of hydrogen-bond acceptors (Lipinski definition) is 2. The molecule has 0 aromatic heterocycles. The minimum atomic E-state index is -1.59. The Morgan fingerprint density at radius 1 is 1.12 bits per heavy atom. The predicted molar refractivity (Wildman–Crippen MR) is 83.8 cm³/mol. The molecule has 0 saturated carbocycles. The van der Waals surface area contributed by atoms with Gasteiger partial charge < -0.3 is 10.4 Å². The number of benzene rings is 2. The van der Waals surface area contributed by atoms with E-state index in [2.05, 4.69) is 5.32 Å². The highest BCUT2D eigenvalue weighted by atomic mass is 19.2. The second-order valence-corrected chi connectivity index (χ2v) is 5.45. The van der Waals surface area contributed by atoms with Gasteiger partial charge in [-0.05, 0) is 35.2 Å². The molecule has 2 N–H and O–H groups in total. The van der Waals surface area contributed by atoms with E-state index >= 15 is 0 Å². The second-order valence-electron chi connectivity index (χ2n) is 5.45. The number of nitrogens with one attached hydrogen (secondary N) is 1. The van der Waals surface area contributed by atoms with E-state index in [1.54, 1.807) is 6.07 Å². The molecule has 24 heavy (non-hydrogen) atoms. The molecular weight excluding hydrogens is 319 g/mol. The zero-order chi connectivity index (χ0) is 17.7. The standard InChI is InChI=1S/C18H18F3NO2/c1-2-11-4-3-5-12(6-11)7-17(24)22-16(10-23)13-8-14(19)18(21)15(20)9-13/h3-6,8-9,16,23H,2,7,10H2,1H3,(H,22,24). The quantitative estimate of drug-likeness (QED) is 0.796. The SMILES string of the molecule is CCc1cccc(CC(=O)NC(CO)c2cc(F)c(F)c(F)c2)c1. The number of halogens is 3. The van der Waals surface area contributed by atoms with Gasteiger partial charge in [-0.2, -0.15) is 0 Å². The van der Waals surface area contributed by atoms with Gasteiger partial charge in [-0.3, -0.25) is 4.79 Å². The van der Waals surface area contributed by atoms with Crippen molar-refractivity contribution in [3.8, 4) is 0 Å². The van der Waals surface area contributed by atoms with Gasteiger partial charge in [0.25, 0.3) is 0 Å². The summed E-state index contributed by atoms with van der Waals surface area (Å²) in [6.07, 6.45) is 0.902. The fraction of sp³-hybridized carbons (Fsp3) is 0.278. The maximum absolute atomic E-state index is 13.3. The lowest BCUT2D eigenvalue weighted by Crippen LogP contribution is -2.32. The van der Waals surface area contributed by atoms with Crippen LogP contribution in [0.3, 0.4) is 0 Å². The summed E-state index contributed by atoms with van der Waals surface area (Å²) >= 11 is 0. The lowest BCUT2D eigenvalue weighted by molar-refractivity contribution is -0.121. The van der Waals surface area contributed by atoms with E-state index in [4.69, 9.17) is 0 Å². The Hall–Kier alpha value is -2.34. The minimum absolute atomic E-state index is 0.0374. The third kappa shape index (κ3) is 4.35. The van der Waals surface area contributed by atoms with Crippen LogP contribution in [0.5, 0.6) is 0 Å². The molecule has 0 spiro atoms. The van der Waals surface area contributed by atoms with Gasteiger partial charge in [-0.1, -0.05) is 31.2 Å². The van der Waals surface area contributed by atoms with Gasteiger partial charge in [0.1, 0.15) is 0 Å². The molecule has 3 nitrogen and oxygen atoms in total. The van der Waals surface area contributed by atoms with Crippen LogP contribution in [0.1, 0.15) is 29.7 Å². The number of carbonyl (C=O) groups is 1. The predicted octanol–water partition coefficient (Wildman–Crippen LogP) is 3.06. The molecule has 1 amide bonds. The molecule has 128 valence electrons. The summed E-state index contributed by atoms with van der Waals surface area (Å²) < 4.78 is 39.6. The fourth-order valence-corrected chi connectivity index (χ4v) is 2.40. The van der Waals surface area contributed by atoms with Crippen LogP contribution in [0.15, 0.2) is 36.4 Å². The normalized spacial score (nSPS) is 12.0. The number of aliphatic hydroxyl groups excluding tert-OH is 1. The van der Waals surface area contributed by atoms with Crippen molar-refractivity contribution in [1.29, 1.82) is 0 Å². The van der Waals surface area contributed by atoms with Crippen LogP contribution in [0.25, 0.3) is 0 Å². The van der Waals surface area contributed by atoms with E-state index in [9.17, 15) is 23.1 Å². The van der Waals surface area contributed by atoms with Gasteiger partial charge in [0.05, 0.1) is 19.1 Å². The van der Waals surface area contributed by atoms with Crippen LogP contribution in [0.4, 0.5) is 13.2 Å². The maximum Gasteiger partial charge on any atom is 0.224 e. The fourth-order valence-electron chi connectivity index (χ4n) is 2.40. The Morgan fingerprint density at radius 2 is 1.75 bits per heavy atom. The lowest BCUT2D eigenvalue weighted by Gasteiger charge is -2.17. The first-order valence-electron chi connectivity index (χ1n) is 7.57. The van der Waals surface area contributed by atoms with Crippen molar-refractivity contribution in [3.05, 3.63) is 70.5 Å². The first-order valence-corrected chi connectivity index (χ1v) is 7.57. The van der Waals surface area contributed by atoms with Gasteiger partial charge in [0.15, 0.2) is 17.5 Å². The van der Waals surface area contributed by atoms with Crippen molar-refractivity contribution in [2.24, 2.45) is 0 Å². The van der Waals surface area contributed by atoms with Crippen LogP contribution in [0, 0.1) is 17.5 Å². The average Bonchev–Trinajstić information content (AvgIpc) is 2.57. The summed E-state index contributed by atoms with van der Waals surface area (Å²) in [5.41, 5.74) is 1.84. The molecular formula is C18H18F3NO2. The van der Waals surface area contributed by atoms with E-state index in [1.165, 1.54) is 0 Å². The van der Waals surface area contributed by atoms with Crippen LogP contribution >= 0.6 is 0 Å². The molecule has 0 heterocycles. The van der Waals surface area contributed by atoms with Gasteiger partial charge in [0.2, 0.25) is 5.91 Å². The average molecular weight is 337 g/mol. The van der Waals surface area contributed by atoms with E-state index in [0.29, 0.717) is 0 Å². The summed E-state index contributed by atoms with van der Waals surface area (Å²) in [7, 11) is 0. The van der Waals surface area contributed by atoms with Crippen molar-refractivity contribution in [2.45, 2.75) is 25.8 Å². The largest absolute Gasteiger partial charge is 0.394 e. The molecule has 0 aliphatic heterocycles. The molecule has 1 unspecified atom stereocenters. The molecule has 0 aliphatic carbocycles. The van der Waals surface area contributed by atoms with Crippen molar-refractivity contribution in [1.82, 2.24) is 5.32 Å². The Labute approximate surface area is 138 Å². The summed E-state index contributed by atoms with van der Waals surface area (Å²) in [6.45, 7) is 1.43. The highest BCUT2D eigenvalue weighted by molar-refractivity contribution is 5.79. The minimum Gasteiger partial charge on any atom is -0.394 e. The van der Waals surface area contributed by atoms with E-state index in [1.807, 2.05) is 25.1 Å². The molecule has 0 aliphatic rings. The summed E-state index contributed by atoms with van der Waals surface area (Å²) in [5.74, 6) is -4.73. The summed E-state index contributed by atoms with van der Waals surface area (Å²) in [5, 5.41) is 11.9. The van der Waals surface area contributed by atoms with Crippen LogP contribution < -0.4 is 5.32 Å². The van der Waals surface area contributed by atoms with Crippen molar-refractivity contribution >= 4 is 5.91 Å². The molecule has 0 bridgehead atoms. The third-order valence-corrected chi connectivity index (χ3v) is 3.69. The Balaban J connectivity index is 2.10. The molecule has 2 aromatic rings. The number of rotatable bonds is 6. The van der Waals surface area contributed by atoms with Crippen molar-refractivity contribution < 1.29 is 23.1 Å². The highest BCUT2D eigenvalue weighted by Crippen LogP contribution is 2.19. The number of aliphatic hydroxyl groups is 1. The maximum atomic E-state index is 13.3. The molecule has 0 fully saturated rings. The Morgan fingerprint density at radius 3 is 2.33 bits per heavy atom. The lowest BCUT2D eigenvalue weighted by atomic mass is 10.0. The number of hydrogen-bond donors (Lipinski definition) is 2. The highest BCUT2D eigenvalue weighted by Gasteiger charge is 2.19. The number of aryl methyl sites for hydroxylation is 1. The molecule has 1 atom stereocenters. The monoisotopic (exact) mass is 337 g/mol. The van der Waals surface area contributed by atoms with Crippen LogP contribution in [-0.2, 0) is 17.6 Å². The topological polar surface area (TPSA) is 49.3 Å². The third-order valence-electron chi connectivity index (χ3n) is 3.69. The summed E-state index contributed by atoms with van der Waals surface area (Å²) in [4.78, 5) is 12.1. The number of amides is 1. The van der Waals surface area contributed by atoms with Gasteiger partial charge >= 0.3 is 0 Å². The molecule has 6 heteroatoms. The van der Waals surface area contributed by atoms with E-state index in [-0.39, 0.29) is 12.0 Å². The van der Waals surface area contributed by atoms with Crippen LogP contribution in [-0.4, -0.2) is 17.6 Å². The summed E-state index contributed by atoms with van der Waals surface area (Å²) in [6, 6.07) is 7.98. The molecule has 2 aromatic carbocycles. The van der Waals surface area contributed by atoms with Gasteiger partial charge in [-0.15, -0.1) is 0 Å². The van der Waals surface area contributed by atoms with Crippen molar-refractivity contribution in [2.75, 3.05) is 6.61 Å². The smallest absolute Gasteiger partial charge is 0.224 e. The first kappa shape index (κ1) is 18.0. The first-order chi connectivity index (χ1) is 11.4. The Bertz CT molecular complexity index is 711. The zero-order valence-electron chi connectivity index (χ0n) is 13.2. The zero-order valence-corrected chi connectivity index (χ0v) is 13.2. The molecule has 0 radical (unpaired) electrons. The Kier molecular flexibility index (Phi) is 5.98. The second kappa shape index (κ2) is 7.97. The van der Waals surface area contributed by atoms with Gasteiger partial charge in [0, 0.05) is 0 Å². The van der Waals surface area contributed by atoms with E-state index < -0.39 is 36.0 Å². The van der Waals surface area contributed by atoms with E-state index in [0.717, 1.165) is 29.7 Å². The van der Waals surface area contributed by atoms with Crippen molar-refractivity contribution in [3.63, 3.8) is 0 Å². The molecule has 0 saturated heterocycles. The number of carbonyl (C=O) groups excluding carboxylic acids is 1.